The lowest BCUT2D eigenvalue weighted by Crippen LogP contribution is -2.22. The van der Waals surface area contributed by atoms with Gasteiger partial charge in [0.05, 0.1) is 19.6 Å². The van der Waals surface area contributed by atoms with Gasteiger partial charge in [-0.3, -0.25) is 9.59 Å². The van der Waals surface area contributed by atoms with E-state index < -0.39 is 12.0 Å². The molecular formula is C20H23NO5. The number of esters is 1. The topological polar surface area (TPSA) is 98.8 Å². The van der Waals surface area contributed by atoms with Crippen molar-refractivity contribution in [3.05, 3.63) is 65.2 Å². The fourth-order valence-electron chi connectivity index (χ4n) is 2.52. The maximum Gasteiger partial charge on any atom is 0.309 e. The van der Waals surface area contributed by atoms with Crippen LogP contribution in [0.15, 0.2) is 48.5 Å². The summed E-state index contributed by atoms with van der Waals surface area (Å²) < 4.78 is 10.4. The Morgan fingerprint density at radius 1 is 1.12 bits per heavy atom. The second-order valence-corrected chi connectivity index (χ2v) is 5.73. The van der Waals surface area contributed by atoms with Gasteiger partial charge < -0.3 is 20.3 Å². The molecular weight excluding hydrogens is 334 g/mol. The summed E-state index contributed by atoms with van der Waals surface area (Å²) in [6.45, 7) is 2.38. The number of aliphatic hydroxyl groups is 1. The predicted octanol–water partition coefficient (Wildman–Crippen LogP) is 2.13. The summed E-state index contributed by atoms with van der Waals surface area (Å²) >= 11 is 0. The smallest absolute Gasteiger partial charge is 0.309 e. The van der Waals surface area contributed by atoms with Crippen molar-refractivity contribution < 1.29 is 24.2 Å². The number of benzene rings is 2. The number of aliphatic hydroxyl groups excluding tert-OH is 1. The molecule has 6 heteroatoms. The molecule has 0 saturated carbocycles. The van der Waals surface area contributed by atoms with Crippen LogP contribution in [0.5, 0.6) is 5.75 Å². The van der Waals surface area contributed by atoms with E-state index in [0.29, 0.717) is 24.3 Å². The second kappa shape index (κ2) is 9.58. The van der Waals surface area contributed by atoms with E-state index in [0.717, 1.165) is 11.1 Å². The molecule has 3 N–H and O–H groups in total. The highest BCUT2D eigenvalue weighted by molar-refractivity contribution is 5.80. The number of carbonyl (C=O) groups excluding carboxylic acids is 2. The Morgan fingerprint density at radius 2 is 1.81 bits per heavy atom. The van der Waals surface area contributed by atoms with Gasteiger partial charge in [-0.15, -0.1) is 0 Å². The molecule has 1 atom stereocenters. The molecule has 0 aliphatic carbocycles. The van der Waals surface area contributed by atoms with Gasteiger partial charge in [0.25, 0.3) is 5.91 Å². The molecule has 2 rings (SSSR count). The normalized spacial score (nSPS) is 11.6. The summed E-state index contributed by atoms with van der Waals surface area (Å²) in [6, 6.07) is 14.6. The Balaban J connectivity index is 1.97. The number of amides is 1. The summed E-state index contributed by atoms with van der Waals surface area (Å²) in [5.41, 5.74) is 7.53. The second-order valence-electron chi connectivity index (χ2n) is 5.73. The molecule has 0 bridgehead atoms. The molecule has 138 valence electrons. The maximum atomic E-state index is 11.3. The van der Waals surface area contributed by atoms with Crippen molar-refractivity contribution in [3.8, 4) is 5.75 Å². The fourth-order valence-corrected chi connectivity index (χ4v) is 2.52. The van der Waals surface area contributed by atoms with Gasteiger partial charge in [0.1, 0.15) is 5.75 Å². The van der Waals surface area contributed by atoms with E-state index in [1.54, 1.807) is 19.1 Å². The van der Waals surface area contributed by atoms with Crippen LogP contribution in [0.3, 0.4) is 0 Å². The van der Waals surface area contributed by atoms with E-state index in [1.165, 1.54) is 0 Å². The number of carbonyl (C=O) groups is 2. The summed E-state index contributed by atoms with van der Waals surface area (Å²) in [5, 5.41) is 9.95. The van der Waals surface area contributed by atoms with Gasteiger partial charge in [0.2, 0.25) is 0 Å². The van der Waals surface area contributed by atoms with E-state index in [9.17, 15) is 14.7 Å². The minimum Gasteiger partial charge on any atom is -0.493 e. The van der Waals surface area contributed by atoms with Crippen molar-refractivity contribution in [2.45, 2.75) is 25.9 Å². The molecule has 0 spiro atoms. The molecule has 0 aliphatic heterocycles. The molecule has 26 heavy (non-hydrogen) atoms. The molecule has 0 aromatic heterocycles. The van der Waals surface area contributed by atoms with Crippen molar-refractivity contribution in [2.24, 2.45) is 5.73 Å². The van der Waals surface area contributed by atoms with E-state index in [4.69, 9.17) is 15.2 Å². The molecule has 0 radical (unpaired) electrons. The third-order valence-corrected chi connectivity index (χ3v) is 3.82. The zero-order chi connectivity index (χ0) is 18.9. The van der Waals surface area contributed by atoms with Crippen molar-refractivity contribution in [1.82, 2.24) is 0 Å². The van der Waals surface area contributed by atoms with Crippen molar-refractivity contribution >= 4 is 11.9 Å². The van der Waals surface area contributed by atoms with Crippen LogP contribution >= 0.6 is 0 Å². The minimum absolute atomic E-state index is 0.202. The molecule has 1 amide bonds. The van der Waals surface area contributed by atoms with Gasteiger partial charge in [-0.1, -0.05) is 36.4 Å². The predicted molar refractivity (Wildman–Crippen MR) is 96.6 cm³/mol. The van der Waals surface area contributed by atoms with Crippen molar-refractivity contribution in [3.63, 3.8) is 0 Å². The van der Waals surface area contributed by atoms with Crippen LogP contribution in [0.4, 0.5) is 0 Å². The lowest BCUT2D eigenvalue weighted by Gasteiger charge is -2.13. The minimum atomic E-state index is -1.32. The van der Waals surface area contributed by atoms with Crippen LogP contribution in [-0.2, 0) is 20.7 Å². The third-order valence-electron chi connectivity index (χ3n) is 3.82. The monoisotopic (exact) mass is 357 g/mol. The lowest BCUT2D eigenvalue weighted by atomic mass is 9.96. The van der Waals surface area contributed by atoms with Gasteiger partial charge in [0, 0.05) is 0 Å². The van der Waals surface area contributed by atoms with E-state index in [1.807, 2.05) is 36.4 Å². The molecule has 0 fully saturated rings. The highest BCUT2D eigenvalue weighted by atomic mass is 16.5. The summed E-state index contributed by atoms with van der Waals surface area (Å²) in [4.78, 5) is 22.5. The van der Waals surface area contributed by atoms with E-state index in [-0.39, 0.29) is 19.0 Å². The average Bonchev–Trinajstić information content (AvgIpc) is 2.63. The summed E-state index contributed by atoms with van der Waals surface area (Å²) in [5.74, 6) is -0.403. The molecule has 0 heterocycles. The van der Waals surface area contributed by atoms with Crippen LogP contribution < -0.4 is 10.5 Å². The third kappa shape index (κ3) is 5.60. The highest BCUT2D eigenvalue weighted by Crippen LogP contribution is 2.22. The molecule has 6 nitrogen and oxygen atoms in total. The van der Waals surface area contributed by atoms with E-state index in [2.05, 4.69) is 0 Å². The van der Waals surface area contributed by atoms with Crippen LogP contribution in [0, 0.1) is 0 Å². The van der Waals surface area contributed by atoms with Crippen LogP contribution in [-0.4, -0.2) is 30.2 Å². The van der Waals surface area contributed by atoms with Gasteiger partial charge in [-0.25, -0.2) is 0 Å². The quantitative estimate of drug-likeness (QED) is 0.670. The Labute approximate surface area is 152 Å². The maximum absolute atomic E-state index is 11.3. The summed E-state index contributed by atoms with van der Waals surface area (Å²) in [7, 11) is 0. The first-order valence-corrected chi connectivity index (χ1v) is 8.43. The van der Waals surface area contributed by atoms with Crippen LogP contribution in [0.25, 0.3) is 0 Å². The molecule has 2 aromatic carbocycles. The summed E-state index contributed by atoms with van der Waals surface area (Å²) in [6.07, 6.45) is -0.575. The number of hydrogen-bond acceptors (Lipinski definition) is 5. The number of primary amides is 1. The van der Waals surface area contributed by atoms with E-state index >= 15 is 0 Å². The zero-order valence-corrected chi connectivity index (χ0v) is 14.7. The molecule has 2 aromatic rings. The fraction of sp³-hybridized carbons (Fsp3) is 0.300. The van der Waals surface area contributed by atoms with Gasteiger partial charge >= 0.3 is 5.97 Å². The Hall–Kier alpha value is -2.86. The van der Waals surface area contributed by atoms with Gasteiger partial charge in [-0.2, -0.15) is 0 Å². The van der Waals surface area contributed by atoms with Crippen molar-refractivity contribution in [2.75, 3.05) is 13.2 Å². The lowest BCUT2D eigenvalue weighted by molar-refractivity contribution is -0.143. The van der Waals surface area contributed by atoms with Crippen molar-refractivity contribution in [1.29, 1.82) is 0 Å². The van der Waals surface area contributed by atoms with Gasteiger partial charge in [-0.05, 0) is 42.2 Å². The highest BCUT2D eigenvalue weighted by Gasteiger charge is 2.17. The average molecular weight is 357 g/mol. The first kappa shape index (κ1) is 19.5. The molecule has 0 aliphatic rings. The number of hydrogen-bond donors (Lipinski definition) is 2. The van der Waals surface area contributed by atoms with Crippen LogP contribution in [0.2, 0.25) is 0 Å². The Bertz CT molecular complexity index is 742. The Kier molecular flexibility index (Phi) is 7.17. The standard InChI is InChI=1S/C20H23NO5/c1-2-25-18(22)11-12-26-16-9-7-14(8-10-16)13-15-5-3-4-6-17(15)19(23)20(21)24/h3-10,19,23H,2,11-13H2,1H3,(H2,21,24). The molecule has 1 unspecified atom stereocenters. The van der Waals surface area contributed by atoms with Gasteiger partial charge in [0.15, 0.2) is 6.10 Å². The first-order valence-electron chi connectivity index (χ1n) is 8.43. The number of ether oxygens (including phenoxy) is 2. The largest absolute Gasteiger partial charge is 0.493 e. The zero-order valence-electron chi connectivity index (χ0n) is 14.7. The molecule has 0 saturated heterocycles. The first-order chi connectivity index (χ1) is 12.5. The number of rotatable bonds is 9. The van der Waals surface area contributed by atoms with Crippen LogP contribution in [0.1, 0.15) is 36.1 Å². The Morgan fingerprint density at radius 3 is 2.46 bits per heavy atom. The SMILES string of the molecule is CCOC(=O)CCOc1ccc(Cc2ccccc2C(O)C(N)=O)cc1. The number of nitrogens with two attached hydrogens (primary N) is 1.